The number of hydrogen-bond acceptors (Lipinski definition) is 4. The van der Waals surface area contributed by atoms with Crippen LogP contribution < -0.4 is 4.90 Å². The molecule has 0 amide bonds. The van der Waals surface area contributed by atoms with Crippen LogP contribution in [-0.2, 0) is 0 Å². The van der Waals surface area contributed by atoms with Crippen molar-refractivity contribution in [2.45, 2.75) is 20.3 Å². The highest BCUT2D eigenvalue weighted by Gasteiger charge is 2.24. The molecular formula is C12H16ClN3O2. The Bertz CT molecular complexity index is 457. The van der Waals surface area contributed by atoms with Gasteiger partial charge in [-0.3, -0.25) is 10.1 Å². The van der Waals surface area contributed by atoms with Crippen LogP contribution in [0.4, 0.5) is 11.5 Å². The Morgan fingerprint density at radius 1 is 1.39 bits per heavy atom. The number of anilines is 1. The Balaban J connectivity index is 2.23. The molecule has 2 atom stereocenters. The maximum absolute atomic E-state index is 10.7. The maximum Gasteiger partial charge on any atom is 0.306 e. The molecule has 0 saturated carbocycles. The van der Waals surface area contributed by atoms with E-state index < -0.39 is 4.92 Å². The molecule has 1 aromatic rings. The van der Waals surface area contributed by atoms with Crippen molar-refractivity contribution < 1.29 is 4.92 Å². The van der Waals surface area contributed by atoms with E-state index in [4.69, 9.17) is 11.6 Å². The Morgan fingerprint density at radius 3 is 2.50 bits per heavy atom. The normalized spacial score (nSPS) is 24.1. The zero-order chi connectivity index (χ0) is 13.3. The topological polar surface area (TPSA) is 59.3 Å². The van der Waals surface area contributed by atoms with Gasteiger partial charge in [-0.05, 0) is 24.3 Å². The van der Waals surface area contributed by atoms with Crippen LogP contribution in [0.3, 0.4) is 0 Å². The number of halogens is 1. The van der Waals surface area contributed by atoms with Gasteiger partial charge in [0.05, 0.1) is 4.92 Å². The highest BCUT2D eigenvalue weighted by molar-refractivity contribution is 6.31. The van der Waals surface area contributed by atoms with Gasteiger partial charge in [-0.25, -0.2) is 4.98 Å². The smallest absolute Gasteiger partial charge is 0.306 e. The summed E-state index contributed by atoms with van der Waals surface area (Å²) in [5, 5.41) is 10.6. The molecule has 0 unspecified atom stereocenters. The zero-order valence-electron chi connectivity index (χ0n) is 10.5. The predicted octanol–water partition coefficient (Wildman–Crippen LogP) is 3.13. The van der Waals surface area contributed by atoms with Crippen LogP contribution in [0, 0.1) is 22.0 Å². The number of hydrogen-bond donors (Lipinski definition) is 0. The van der Waals surface area contributed by atoms with Crippen LogP contribution in [0.15, 0.2) is 12.1 Å². The molecular weight excluding hydrogens is 254 g/mol. The molecule has 0 spiro atoms. The van der Waals surface area contributed by atoms with Gasteiger partial charge < -0.3 is 4.90 Å². The monoisotopic (exact) mass is 269 g/mol. The van der Waals surface area contributed by atoms with Crippen molar-refractivity contribution in [1.82, 2.24) is 4.98 Å². The van der Waals surface area contributed by atoms with Crippen molar-refractivity contribution in [3.8, 4) is 0 Å². The van der Waals surface area contributed by atoms with E-state index in [0.29, 0.717) is 11.8 Å². The lowest BCUT2D eigenvalue weighted by Gasteiger charge is -2.35. The van der Waals surface area contributed by atoms with E-state index in [9.17, 15) is 10.1 Å². The fourth-order valence-electron chi connectivity index (χ4n) is 2.58. The number of pyridine rings is 1. The summed E-state index contributed by atoms with van der Waals surface area (Å²) in [5.74, 6) is 1.93. The lowest BCUT2D eigenvalue weighted by molar-refractivity contribution is -0.385. The van der Waals surface area contributed by atoms with E-state index in [1.807, 2.05) is 0 Å². The molecule has 0 bridgehead atoms. The van der Waals surface area contributed by atoms with Crippen LogP contribution in [0.2, 0.25) is 5.15 Å². The summed E-state index contributed by atoms with van der Waals surface area (Å²) >= 11 is 5.84. The fourth-order valence-corrected chi connectivity index (χ4v) is 2.80. The predicted molar refractivity (Wildman–Crippen MR) is 71.1 cm³/mol. The van der Waals surface area contributed by atoms with E-state index in [-0.39, 0.29) is 10.8 Å². The van der Waals surface area contributed by atoms with Gasteiger partial charge in [-0.15, -0.1) is 0 Å². The number of nitrogens with zero attached hydrogens (tertiary/aromatic N) is 3. The van der Waals surface area contributed by atoms with Crippen LogP contribution >= 0.6 is 11.6 Å². The quantitative estimate of drug-likeness (QED) is 0.470. The van der Waals surface area contributed by atoms with Crippen molar-refractivity contribution in [1.29, 1.82) is 0 Å². The molecule has 0 radical (unpaired) electrons. The average molecular weight is 270 g/mol. The first-order valence-electron chi connectivity index (χ1n) is 6.03. The number of rotatable bonds is 2. The van der Waals surface area contributed by atoms with Crippen molar-refractivity contribution in [3.63, 3.8) is 0 Å². The first-order chi connectivity index (χ1) is 8.47. The van der Waals surface area contributed by atoms with Crippen molar-refractivity contribution in [2.75, 3.05) is 18.0 Å². The van der Waals surface area contributed by atoms with Gasteiger partial charge >= 0.3 is 5.69 Å². The van der Waals surface area contributed by atoms with E-state index in [1.165, 1.54) is 12.5 Å². The number of piperidine rings is 1. The minimum Gasteiger partial charge on any atom is -0.356 e. The third kappa shape index (κ3) is 2.72. The summed E-state index contributed by atoms with van der Waals surface area (Å²) in [6.07, 6.45) is 1.21. The second-order valence-corrected chi connectivity index (χ2v) is 5.45. The van der Waals surface area contributed by atoms with E-state index in [2.05, 4.69) is 23.7 Å². The summed E-state index contributed by atoms with van der Waals surface area (Å²) in [5.41, 5.74) is -0.140. The van der Waals surface area contributed by atoms with Crippen molar-refractivity contribution >= 4 is 23.1 Å². The van der Waals surface area contributed by atoms with Crippen LogP contribution in [0.1, 0.15) is 20.3 Å². The second kappa shape index (κ2) is 5.10. The third-order valence-corrected chi connectivity index (χ3v) is 3.48. The molecule has 0 N–H and O–H groups in total. The minimum atomic E-state index is -0.513. The molecule has 1 aliphatic heterocycles. The molecule has 18 heavy (non-hydrogen) atoms. The molecule has 1 saturated heterocycles. The molecule has 2 heterocycles. The summed E-state index contributed by atoms with van der Waals surface area (Å²) in [4.78, 5) is 16.5. The molecule has 1 aliphatic rings. The molecule has 1 fully saturated rings. The SMILES string of the molecule is C[C@@H]1C[C@H](C)CN(c2ccc([N+](=O)[O-])c(Cl)n2)C1. The van der Waals surface area contributed by atoms with Crippen molar-refractivity contribution in [2.24, 2.45) is 11.8 Å². The summed E-state index contributed by atoms with van der Waals surface area (Å²) < 4.78 is 0. The Labute approximate surface area is 111 Å². The highest BCUT2D eigenvalue weighted by Crippen LogP contribution is 2.29. The first kappa shape index (κ1) is 13.1. The fraction of sp³-hybridized carbons (Fsp3) is 0.583. The highest BCUT2D eigenvalue weighted by atomic mass is 35.5. The third-order valence-electron chi connectivity index (χ3n) is 3.20. The zero-order valence-corrected chi connectivity index (χ0v) is 11.2. The lowest BCUT2D eigenvalue weighted by Crippen LogP contribution is -2.39. The first-order valence-corrected chi connectivity index (χ1v) is 6.41. The molecule has 98 valence electrons. The Morgan fingerprint density at radius 2 is 2.00 bits per heavy atom. The van der Waals surface area contributed by atoms with E-state index in [1.54, 1.807) is 6.07 Å². The largest absolute Gasteiger partial charge is 0.356 e. The van der Waals surface area contributed by atoms with Gasteiger partial charge in [0.25, 0.3) is 0 Å². The lowest BCUT2D eigenvalue weighted by atomic mass is 9.92. The molecule has 1 aromatic heterocycles. The van der Waals surface area contributed by atoms with Crippen LogP contribution in [-0.4, -0.2) is 23.0 Å². The molecule has 0 aliphatic carbocycles. The van der Waals surface area contributed by atoms with Crippen LogP contribution in [0.5, 0.6) is 0 Å². The van der Waals surface area contributed by atoms with Gasteiger partial charge in [0.1, 0.15) is 5.82 Å². The van der Waals surface area contributed by atoms with E-state index >= 15 is 0 Å². The number of nitro groups is 1. The van der Waals surface area contributed by atoms with Gasteiger partial charge in [0.2, 0.25) is 5.15 Å². The van der Waals surface area contributed by atoms with E-state index in [0.717, 1.165) is 18.9 Å². The molecule has 6 heteroatoms. The average Bonchev–Trinajstić information content (AvgIpc) is 2.26. The summed E-state index contributed by atoms with van der Waals surface area (Å²) in [6.45, 7) is 6.25. The maximum atomic E-state index is 10.7. The molecule has 0 aromatic carbocycles. The van der Waals surface area contributed by atoms with Crippen LogP contribution in [0.25, 0.3) is 0 Å². The molecule has 2 rings (SSSR count). The van der Waals surface area contributed by atoms with Gasteiger partial charge in [-0.2, -0.15) is 0 Å². The van der Waals surface area contributed by atoms with Gasteiger partial charge in [0, 0.05) is 19.2 Å². The standard InChI is InChI=1S/C12H16ClN3O2/c1-8-5-9(2)7-15(6-8)11-4-3-10(16(17)18)12(13)14-11/h3-4,8-9H,5-7H2,1-2H3/t8-,9+. The Hall–Kier alpha value is -1.36. The molecule has 5 nitrogen and oxygen atoms in total. The number of aromatic nitrogens is 1. The summed E-state index contributed by atoms with van der Waals surface area (Å²) in [7, 11) is 0. The van der Waals surface area contributed by atoms with Gasteiger partial charge in [-0.1, -0.05) is 25.4 Å². The van der Waals surface area contributed by atoms with Crippen molar-refractivity contribution in [3.05, 3.63) is 27.4 Å². The minimum absolute atomic E-state index is 0.0385. The second-order valence-electron chi connectivity index (χ2n) is 5.09. The Kier molecular flexibility index (Phi) is 3.71. The summed E-state index contributed by atoms with van der Waals surface area (Å²) in [6, 6.07) is 3.10. The van der Waals surface area contributed by atoms with Gasteiger partial charge in [0.15, 0.2) is 0 Å².